The first-order chi connectivity index (χ1) is 7.77. The Morgan fingerprint density at radius 1 is 1.25 bits per heavy atom. The molecule has 0 atom stereocenters. The monoisotopic (exact) mass is 255 g/mol. The van der Waals surface area contributed by atoms with Gasteiger partial charge >= 0.3 is 0 Å². The van der Waals surface area contributed by atoms with Gasteiger partial charge in [0.15, 0.2) is 0 Å². The minimum Gasteiger partial charge on any atom is -0.348 e. The zero-order valence-corrected chi connectivity index (χ0v) is 10.0. The number of aromatic nitrogens is 2. The zero-order valence-electron chi connectivity index (χ0n) is 8.50. The number of nitrogens with one attached hydrogen (secondary N) is 2. The van der Waals surface area contributed by atoms with Gasteiger partial charge in [-0.15, -0.1) is 0 Å². The molecule has 2 aromatic rings. The summed E-state index contributed by atoms with van der Waals surface area (Å²) in [6, 6.07) is 5.61. The van der Waals surface area contributed by atoms with E-state index >= 15 is 0 Å². The summed E-state index contributed by atoms with van der Waals surface area (Å²) in [7, 11) is 0. The highest BCUT2D eigenvalue weighted by molar-refractivity contribution is 6.42. The topological polar surface area (TPSA) is 40.7 Å². The van der Waals surface area contributed by atoms with Crippen molar-refractivity contribution in [2.45, 2.75) is 13.1 Å². The summed E-state index contributed by atoms with van der Waals surface area (Å²) in [6.45, 7) is 1.34. The van der Waals surface area contributed by atoms with Crippen LogP contribution in [0.3, 0.4) is 0 Å². The maximum absolute atomic E-state index is 6.06. The fraction of sp³-hybridized carbons (Fsp3) is 0.182. The molecule has 1 heterocycles. The first-order valence-electron chi connectivity index (χ1n) is 4.89. The summed E-state index contributed by atoms with van der Waals surface area (Å²) >= 11 is 12.0. The molecular weight excluding hydrogens is 245 g/mol. The Kier molecular flexibility index (Phi) is 3.83. The quantitative estimate of drug-likeness (QED) is 0.882. The molecule has 16 heavy (non-hydrogen) atoms. The maximum Gasteiger partial charge on any atom is 0.120 e. The van der Waals surface area contributed by atoms with Crippen molar-refractivity contribution in [1.29, 1.82) is 0 Å². The van der Waals surface area contributed by atoms with Crippen LogP contribution in [0.15, 0.2) is 30.6 Å². The van der Waals surface area contributed by atoms with Crippen molar-refractivity contribution in [2.75, 3.05) is 0 Å². The maximum atomic E-state index is 6.06. The molecule has 0 saturated carbocycles. The van der Waals surface area contributed by atoms with E-state index in [1.54, 1.807) is 18.5 Å². The molecule has 0 saturated heterocycles. The average Bonchev–Trinajstić information content (AvgIpc) is 2.77. The molecule has 5 heteroatoms. The first-order valence-corrected chi connectivity index (χ1v) is 5.65. The summed E-state index contributed by atoms with van der Waals surface area (Å²) in [5.74, 6) is 0.901. The summed E-state index contributed by atoms with van der Waals surface area (Å²) in [5, 5.41) is 4.43. The zero-order chi connectivity index (χ0) is 11.4. The Bertz CT molecular complexity index is 454. The van der Waals surface area contributed by atoms with E-state index < -0.39 is 0 Å². The molecule has 2 N–H and O–H groups in total. The van der Waals surface area contributed by atoms with Gasteiger partial charge < -0.3 is 10.3 Å². The fourth-order valence-electron chi connectivity index (χ4n) is 1.40. The number of rotatable bonds is 4. The van der Waals surface area contributed by atoms with Gasteiger partial charge in [0.25, 0.3) is 0 Å². The number of hydrogen-bond donors (Lipinski definition) is 2. The third kappa shape index (κ3) is 2.76. The highest BCUT2D eigenvalue weighted by atomic mass is 35.5. The van der Waals surface area contributed by atoms with Crippen molar-refractivity contribution in [1.82, 2.24) is 15.3 Å². The van der Waals surface area contributed by atoms with Gasteiger partial charge in [-0.25, -0.2) is 4.98 Å². The Hall–Kier alpha value is -1.03. The molecule has 3 nitrogen and oxygen atoms in total. The van der Waals surface area contributed by atoms with Crippen LogP contribution in [0.25, 0.3) is 0 Å². The number of benzene rings is 1. The summed E-state index contributed by atoms with van der Waals surface area (Å²) in [5.41, 5.74) is 0.987. The van der Waals surface area contributed by atoms with E-state index in [4.69, 9.17) is 23.2 Å². The lowest BCUT2D eigenvalue weighted by atomic mass is 10.2. The number of aromatic amines is 1. The Morgan fingerprint density at radius 3 is 2.88 bits per heavy atom. The SMILES string of the molecule is Clc1cccc(CNCc2ncc[nH]2)c1Cl. The van der Waals surface area contributed by atoms with E-state index in [0.717, 1.165) is 11.4 Å². The van der Waals surface area contributed by atoms with Crippen LogP contribution >= 0.6 is 23.2 Å². The molecular formula is C11H11Cl2N3. The second-order valence-electron chi connectivity index (χ2n) is 3.35. The van der Waals surface area contributed by atoms with Crippen LogP contribution in [0, 0.1) is 0 Å². The van der Waals surface area contributed by atoms with E-state index in [0.29, 0.717) is 23.1 Å². The third-order valence-corrected chi connectivity index (χ3v) is 3.05. The van der Waals surface area contributed by atoms with Gasteiger partial charge in [0.05, 0.1) is 16.6 Å². The van der Waals surface area contributed by atoms with Gasteiger partial charge in [-0.1, -0.05) is 35.3 Å². The third-order valence-electron chi connectivity index (χ3n) is 2.19. The molecule has 0 aliphatic heterocycles. The van der Waals surface area contributed by atoms with E-state index in [-0.39, 0.29) is 0 Å². The van der Waals surface area contributed by atoms with Crippen molar-refractivity contribution in [3.63, 3.8) is 0 Å². The molecule has 0 aliphatic carbocycles. The van der Waals surface area contributed by atoms with Gasteiger partial charge in [0.2, 0.25) is 0 Å². The summed E-state index contributed by atoms with van der Waals surface area (Å²) < 4.78 is 0. The van der Waals surface area contributed by atoms with E-state index in [1.165, 1.54) is 0 Å². The average molecular weight is 256 g/mol. The largest absolute Gasteiger partial charge is 0.348 e. The normalized spacial score (nSPS) is 10.6. The predicted molar refractivity (Wildman–Crippen MR) is 65.6 cm³/mol. The van der Waals surface area contributed by atoms with Crippen LogP contribution in [0.5, 0.6) is 0 Å². The van der Waals surface area contributed by atoms with Gasteiger partial charge in [-0.05, 0) is 11.6 Å². The van der Waals surface area contributed by atoms with E-state index in [9.17, 15) is 0 Å². The lowest BCUT2D eigenvalue weighted by Gasteiger charge is -2.06. The fourth-order valence-corrected chi connectivity index (χ4v) is 1.78. The summed E-state index contributed by atoms with van der Waals surface area (Å²) in [4.78, 5) is 7.13. The molecule has 0 aliphatic rings. The smallest absolute Gasteiger partial charge is 0.120 e. The summed E-state index contributed by atoms with van der Waals surface area (Å²) in [6.07, 6.45) is 3.52. The lowest BCUT2D eigenvalue weighted by Crippen LogP contribution is -2.13. The standard InChI is InChI=1S/C11H11Cl2N3/c12-9-3-1-2-8(11(9)13)6-14-7-10-15-4-5-16-10/h1-5,14H,6-7H2,(H,15,16). The molecule has 84 valence electrons. The molecule has 0 unspecified atom stereocenters. The van der Waals surface area contributed by atoms with Crippen LogP contribution in [-0.2, 0) is 13.1 Å². The Labute approximate surface area is 104 Å². The minimum absolute atomic E-state index is 0.582. The second-order valence-corrected chi connectivity index (χ2v) is 4.14. The predicted octanol–water partition coefficient (Wildman–Crippen LogP) is 3.01. The molecule has 2 rings (SSSR count). The Morgan fingerprint density at radius 2 is 2.12 bits per heavy atom. The van der Waals surface area contributed by atoms with Crippen LogP contribution < -0.4 is 5.32 Å². The van der Waals surface area contributed by atoms with Crippen molar-refractivity contribution in [2.24, 2.45) is 0 Å². The molecule has 0 radical (unpaired) electrons. The molecule has 0 spiro atoms. The van der Waals surface area contributed by atoms with Crippen molar-refractivity contribution >= 4 is 23.2 Å². The highest BCUT2D eigenvalue weighted by Crippen LogP contribution is 2.25. The van der Waals surface area contributed by atoms with Gasteiger partial charge in [0.1, 0.15) is 5.82 Å². The van der Waals surface area contributed by atoms with Crippen LogP contribution in [0.2, 0.25) is 10.0 Å². The van der Waals surface area contributed by atoms with Crippen LogP contribution in [0.1, 0.15) is 11.4 Å². The Balaban J connectivity index is 1.92. The molecule has 0 amide bonds. The number of imidazole rings is 1. The van der Waals surface area contributed by atoms with E-state index in [1.807, 2.05) is 12.1 Å². The van der Waals surface area contributed by atoms with Crippen molar-refractivity contribution in [3.8, 4) is 0 Å². The second kappa shape index (κ2) is 5.34. The molecule has 1 aromatic heterocycles. The van der Waals surface area contributed by atoms with Crippen LogP contribution in [-0.4, -0.2) is 9.97 Å². The van der Waals surface area contributed by atoms with Gasteiger partial charge in [-0.2, -0.15) is 0 Å². The van der Waals surface area contributed by atoms with Crippen molar-refractivity contribution in [3.05, 3.63) is 52.0 Å². The number of halogens is 2. The number of nitrogens with zero attached hydrogens (tertiary/aromatic N) is 1. The molecule has 0 bridgehead atoms. The van der Waals surface area contributed by atoms with Crippen LogP contribution in [0.4, 0.5) is 0 Å². The number of hydrogen-bond acceptors (Lipinski definition) is 2. The number of H-pyrrole nitrogens is 1. The lowest BCUT2D eigenvalue weighted by molar-refractivity contribution is 0.669. The van der Waals surface area contributed by atoms with Gasteiger partial charge in [-0.3, -0.25) is 0 Å². The van der Waals surface area contributed by atoms with E-state index in [2.05, 4.69) is 15.3 Å². The minimum atomic E-state index is 0.582. The molecule has 0 fully saturated rings. The van der Waals surface area contributed by atoms with Gasteiger partial charge in [0, 0.05) is 18.9 Å². The molecule has 1 aromatic carbocycles. The van der Waals surface area contributed by atoms with Crippen molar-refractivity contribution < 1.29 is 0 Å². The highest BCUT2D eigenvalue weighted by Gasteiger charge is 2.03. The first kappa shape index (κ1) is 11.5.